The molecule has 0 aliphatic rings. The Bertz CT molecular complexity index is 4090. The van der Waals surface area contributed by atoms with E-state index in [1.165, 1.54) is 32.3 Å². The summed E-state index contributed by atoms with van der Waals surface area (Å²) in [5.74, 6) is 0. The molecule has 338 valence electrons. The van der Waals surface area contributed by atoms with Crippen LogP contribution in [0.25, 0.3) is 93.2 Å². The summed E-state index contributed by atoms with van der Waals surface area (Å²) in [5.41, 5.74) is 16.3. The van der Waals surface area contributed by atoms with Crippen molar-refractivity contribution in [3.05, 3.63) is 273 Å². The number of hydrogen-bond acceptors (Lipinski definition) is 3. The van der Waals surface area contributed by atoms with Crippen LogP contribution in [-0.4, -0.2) is 4.57 Å². The number of rotatable bonds is 9. The van der Waals surface area contributed by atoms with Gasteiger partial charge in [-0.2, -0.15) is 0 Å². The van der Waals surface area contributed by atoms with E-state index in [9.17, 15) is 0 Å². The van der Waals surface area contributed by atoms with Gasteiger partial charge in [-0.1, -0.05) is 176 Å². The standard InChI is InChI=1S/C68H45N3O/c1-3-20-52(21-4-1)69(62-28-13-18-48-16-7-9-24-56(48)62)54-38-32-46(33-39-54)50-36-42-64-60(44-50)61-45-51(37-43-65(61)71(64)66-30-15-27-59-58-26-11-12-31-67(58)72-68(59)66)47-34-40-55(41-35-47)70(53-22-5-2-6-23-53)63-29-14-19-49-17-8-10-25-57(49)63/h1-45H. The van der Waals surface area contributed by atoms with E-state index in [0.29, 0.717) is 0 Å². The molecule has 2 aromatic heterocycles. The third kappa shape index (κ3) is 6.92. The smallest absolute Gasteiger partial charge is 0.159 e. The Morgan fingerprint density at radius 2 is 0.681 bits per heavy atom. The summed E-state index contributed by atoms with van der Waals surface area (Å²) in [6, 6.07) is 98.3. The zero-order valence-electron chi connectivity index (χ0n) is 39.2. The average molecular weight is 920 g/mol. The van der Waals surface area contributed by atoms with Gasteiger partial charge in [0, 0.05) is 55.1 Å². The second kappa shape index (κ2) is 17.1. The van der Waals surface area contributed by atoms with Gasteiger partial charge in [0.25, 0.3) is 0 Å². The Kier molecular flexibility index (Phi) is 9.82. The van der Waals surface area contributed by atoms with Gasteiger partial charge in [-0.15, -0.1) is 0 Å². The number of para-hydroxylation sites is 4. The van der Waals surface area contributed by atoms with E-state index in [1.54, 1.807) is 0 Å². The number of anilines is 6. The van der Waals surface area contributed by atoms with E-state index >= 15 is 0 Å². The summed E-state index contributed by atoms with van der Waals surface area (Å²) in [4.78, 5) is 4.72. The second-order valence-corrected chi connectivity index (χ2v) is 18.5. The van der Waals surface area contributed by atoms with Crippen LogP contribution in [0.15, 0.2) is 277 Å². The third-order valence-corrected chi connectivity index (χ3v) is 14.4. The molecule has 0 radical (unpaired) electrons. The van der Waals surface area contributed by atoms with Crippen molar-refractivity contribution >= 4 is 99.4 Å². The Balaban J connectivity index is 0.904. The maximum absolute atomic E-state index is 6.70. The molecule has 2 heterocycles. The van der Waals surface area contributed by atoms with Crippen molar-refractivity contribution in [2.45, 2.75) is 0 Å². The average Bonchev–Trinajstić information content (AvgIpc) is 4.00. The lowest BCUT2D eigenvalue weighted by Crippen LogP contribution is -2.10. The molecule has 4 heteroatoms. The van der Waals surface area contributed by atoms with Gasteiger partial charge in [-0.3, -0.25) is 0 Å². The summed E-state index contributed by atoms with van der Waals surface area (Å²) < 4.78 is 9.09. The van der Waals surface area contributed by atoms with Crippen LogP contribution < -0.4 is 9.80 Å². The van der Waals surface area contributed by atoms with E-state index in [2.05, 4.69) is 281 Å². The highest BCUT2D eigenvalue weighted by atomic mass is 16.3. The maximum atomic E-state index is 6.70. The molecule has 0 aliphatic carbocycles. The molecule has 14 aromatic rings. The SMILES string of the molecule is c1ccc(N(c2ccc(-c3ccc4c(c3)c3cc(-c5ccc(N(c6ccccc6)c6cccc7ccccc67)cc5)ccc3n4-c3cccc4c3oc3ccccc34)cc2)c2cccc3ccccc23)cc1. The molecule has 0 N–H and O–H groups in total. The van der Waals surface area contributed by atoms with Gasteiger partial charge in [0.2, 0.25) is 0 Å². The summed E-state index contributed by atoms with van der Waals surface area (Å²) >= 11 is 0. The van der Waals surface area contributed by atoms with Crippen molar-refractivity contribution in [3.8, 4) is 27.9 Å². The fourth-order valence-corrected chi connectivity index (χ4v) is 11.0. The molecule has 0 amide bonds. The molecule has 0 saturated heterocycles. The largest absolute Gasteiger partial charge is 0.454 e. The fraction of sp³-hybridized carbons (Fsp3) is 0. The van der Waals surface area contributed by atoms with Crippen molar-refractivity contribution in [1.82, 2.24) is 4.57 Å². The maximum Gasteiger partial charge on any atom is 0.159 e. The van der Waals surface area contributed by atoms with Crippen LogP contribution in [0, 0.1) is 0 Å². The molecule has 0 bridgehead atoms. The summed E-state index contributed by atoms with van der Waals surface area (Å²) in [6.07, 6.45) is 0. The van der Waals surface area contributed by atoms with Crippen molar-refractivity contribution in [1.29, 1.82) is 0 Å². The third-order valence-electron chi connectivity index (χ3n) is 14.4. The normalized spacial score (nSPS) is 11.6. The highest BCUT2D eigenvalue weighted by Crippen LogP contribution is 2.44. The van der Waals surface area contributed by atoms with Gasteiger partial charge in [0.15, 0.2) is 5.58 Å². The van der Waals surface area contributed by atoms with Crippen LogP contribution in [0.3, 0.4) is 0 Å². The minimum absolute atomic E-state index is 0.875. The Morgan fingerprint density at radius 1 is 0.278 bits per heavy atom. The first-order valence-electron chi connectivity index (χ1n) is 24.6. The molecular weight excluding hydrogens is 875 g/mol. The van der Waals surface area contributed by atoms with Gasteiger partial charge in [0.1, 0.15) is 5.58 Å². The molecule has 4 nitrogen and oxygen atoms in total. The zero-order chi connectivity index (χ0) is 47.5. The molecule has 0 spiro atoms. The molecule has 12 aromatic carbocycles. The highest BCUT2D eigenvalue weighted by Gasteiger charge is 2.21. The van der Waals surface area contributed by atoms with Crippen LogP contribution in [0.1, 0.15) is 0 Å². The van der Waals surface area contributed by atoms with E-state index in [-0.39, 0.29) is 0 Å². The second-order valence-electron chi connectivity index (χ2n) is 18.5. The summed E-state index contributed by atoms with van der Waals surface area (Å²) in [6.45, 7) is 0. The Labute approximate surface area is 417 Å². The van der Waals surface area contributed by atoms with Crippen LogP contribution in [0.5, 0.6) is 0 Å². The number of benzene rings is 12. The lowest BCUT2D eigenvalue weighted by molar-refractivity contribution is 0.666. The van der Waals surface area contributed by atoms with Gasteiger partial charge in [0.05, 0.1) is 28.1 Å². The molecule has 0 fully saturated rings. The van der Waals surface area contributed by atoms with E-state index in [1.807, 2.05) is 6.07 Å². The minimum atomic E-state index is 0.875. The Morgan fingerprint density at radius 3 is 1.21 bits per heavy atom. The van der Waals surface area contributed by atoms with Gasteiger partial charge < -0.3 is 18.8 Å². The number of aromatic nitrogens is 1. The number of furan rings is 1. The lowest BCUT2D eigenvalue weighted by Gasteiger charge is -2.27. The summed E-state index contributed by atoms with van der Waals surface area (Å²) in [7, 11) is 0. The fourth-order valence-electron chi connectivity index (χ4n) is 11.0. The monoisotopic (exact) mass is 919 g/mol. The molecule has 72 heavy (non-hydrogen) atoms. The number of fused-ring (bicyclic) bond motifs is 8. The first-order chi connectivity index (χ1) is 35.7. The van der Waals surface area contributed by atoms with Crippen LogP contribution in [0.4, 0.5) is 34.1 Å². The van der Waals surface area contributed by atoms with E-state index < -0.39 is 0 Å². The van der Waals surface area contributed by atoms with Gasteiger partial charge in [-0.05, 0) is 130 Å². The number of nitrogens with zero attached hydrogens (tertiary/aromatic N) is 3. The topological polar surface area (TPSA) is 24.6 Å². The molecule has 0 atom stereocenters. The first kappa shape index (κ1) is 41.3. The van der Waals surface area contributed by atoms with Crippen molar-refractivity contribution in [3.63, 3.8) is 0 Å². The van der Waals surface area contributed by atoms with E-state index in [0.717, 1.165) is 95.0 Å². The van der Waals surface area contributed by atoms with Crippen LogP contribution in [-0.2, 0) is 0 Å². The van der Waals surface area contributed by atoms with Gasteiger partial charge >= 0.3 is 0 Å². The lowest BCUT2D eigenvalue weighted by atomic mass is 9.99. The predicted molar refractivity (Wildman–Crippen MR) is 303 cm³/mol. The molecule has 0 saturated carbocycles. The Hall–Kier alpha value is -9.64. The minimum Gasteiger partial charge on any atom is -0.454 e. The quantitative estimate of drug-likeness (QED) is 0.144. The number of hydrogen-bond donors (Lipinski definition) is 0. The van der Waals surface area contributed by atoms with Crippen molar-refractivity contribution in [2.24, 2.45) is 0 Å². The van der Waals surface area contributed by atoms with Crippen LogP contribution >= 0.6 is 0 Å². The highest BCUT2D eigenvalue weighted by molar-refractivity contribution is 6.14. The van der Waals surface area contributed by atoms with Crippen molar-refractivity contribution < 1.29 is 4.42 Å². The molecule has 0 unspecified atom stereocenters. The summed E-state index contributed by atoms with van der Waals surface area (Å²) in [5, 5.41) is 9.40. The van der Waals surface area contributed by atoms with Crippen molar-refractivity contribution in [2.75, 3.05) is 9.80 Å². The van der Waals surface area contributed by atoms with Crippen LogP contribution in [0.2, 0.25) is 0 Å². The predicted octanol–water partition coefficient (Wildman–Crippen LogP) is 19.3. The molecular formula is C68H45N3O. The van der Waals surface area contributed by atoms with E-state index in [4.69, 9.17) is 4.42 Å². The zero-order valence-corrected chi connectivity index (χ0v) is 39.2. The molecule has 14 rings (SSSR count). The first-order valence-corrected chi connectivity index (χ1v) is 24.6. The molecule has 0 aliphatic heterocycles. The van der Waals surface area contributed by atoms with Gasteiger partial charge in [-0.25, -0.2) is 0 Å².